The Hall–Kier alpha value is -2.04. The smallest absolute Gasteiger partial charge is 0.128 e. The van der Waals surface area contributed by atoms with Gasteiger partial charge in [-0.1, -0.05) is 6.07 Å². The summed E-state index contributed by atoms with van der Waals surface area (Å²) >= 11 is 0. The lowest BCUT2D eigenvalue weighted by Crippen LogP contribution is -2.46. The van der Waals surface area contributed by atoms with Gasteiger partial charge < -0.3 is 14.8 Å². The van der Waals surface area contributed by atoms with E-state index in [2.05, 4.69) is 30.8 Å². The maximum absolute atomic E-state index is 4.38. The summed E-state index contributed by atoms with van der Waals surface area (Å²) in [5, 5.41) is 0. The predicted octanol–water partition coefficient (Wildman–Crippen LogP) is 1.13. The van der Waals surface area contributed by atoms with Crippen molar-refractivity contribution in [3.8, 4) is 0 Å². The molecule has 5 nitrogen and oxygen atoms in total. The molecule has 0 amide bonds. The molecule has 1 aliphatic rings. The fourth-order valence-corrected chi connectivity index (χ4v) is 2.14. The molecule has 0 saturated carbocycles. The summed E-state index contributed by atoms with van der Waals surface area (Å²) in [5.74, 6) is 2.17. The van der Waals surface area contributed by atoms with Crippen molar-refractivity contribution in [3.63, 3.8) is 0 Å². The number of rotatable bonds is 2. The predicted molar refractivity (Wildman–Crippen MR) is 67.3 cm³/mol. The second-order valence-corrected chi connectivity index (χ2v) is 4.10. The zero-order valence-electron chi connectivity index (χ0n) is 9.58. The first-order valence-electron chi connectivity index (χ1n) is 5.83. The van der Waals surface area contributed by atoms with Gasteiger partial charge in [0.15, 0.2) is 0 Å². The van der Waals surface area contributed by atoms with E-state index in [-0.39, 0.29) is 0 Å². The van der Waals surface area contributed by atoms with Gasteiger partial charge in [0.05, 0.1) is 12.5 Å². The molecule has 0 unspecified atom stereocenters. The van der Waals surface area contributed by atoms with E-state index in [0.717, 1.165) is 37.8 Å². The van der Waals surface area contributed by atoms with Crippen molar-refractivity contribution >= 4 is 11.6 Å². The Morgan fingerprint density at radius 3 is 2.53 bits per heavy atom. The van der Waals surface area contributed by atoms with Gasteiger partial charge in [0.2, 0.25) is 0 Å². The normalized spacial score (nSPS) is 16.2. The number of hydrogen-bond donors (Lipinski definition) is 1. The van der Waals surface area contributed by atoms with Gasteiger partial charge in [-0.15, -0.1) is 0 Å². The van der Waals surface area contributed by atoms with Crippen LogP contribution in [0.15, 0.2) is 36.9 Å². The van der Waals surface area contributed by atoms with Gasteiger partial charge in [0, 0.05) is 32.4 Å². The number of piperazine rings is 1. The molecular formula is C12H15N5. The fourth-order valence-electron chi connectivity index (χ4n) is 2.14. The van der Waals surface area contributed by atoms with Gasteiger partial charge in [-0.25, -0.2) is 9.97 Å². The molecule has 1 aliphatic heterocycles. The molecule has 0 radical (unpaired) electrons. The van der Waals surface area contributed by atoms with Gasteiger partial charge in [0.1, 0.15) is 11.6 Å². The highest BCUT2D eigenvalue weighted by Gasteiger charge is 2.18. The summed E-state index contributed by atoms with van der Waals surface area (Å²) in [4.78, 5) is 16.2. The molecule has 88 valence electrons. The van der Waals surface area contributed by atoms with Gasteiger partial charge in [-0.05, 0) is 12.1 Å². The van der Waals surface area contributed by atoms with Crippen LogP contribution in [0, 0.1) is 0 Å². The van der Waals surface area contributed by atoms with Crippen LogP contribution in [0.25, 0.3) is 0 Å². The summed E-state index contributed by atoms with van der Waals surface area (Å²) in [6, 6.07) is 6.04. The van der Waals surface area contributed by atoms with E-state index < -0.39 is 0 Å². The second-order valence-electron chi connectivity index (χ2n) is 4.10. The molecule has 0 aromatic carbocycles. The Kier molecular flexibility index (Phi) is 2.65. The number of nitrogens with one attached hydrogen (secondary N) is 1. The first-order chi connectivity index (χ1) is 8.43. The number of H-pyrrole nitrogens is 1. The minimum absolute atomic E-state index is 0.996. The standard InChI is InChI=1S/C12H15N5/c1-2-4-14-11(3-1)16-5-7-17(8-6-16)12-9-13-10-15-12/h1-4,9-10H,5-8H2,(H,13,15). The summed E-state index contributed by atoms with van der Waals surface area (Å²) in [6.45, 7) is 3.99. The first kappa shape index (κ1) is 10.1. The minimum Gasteiger partial charge on any atom is -0.353 e. The highest BCUT2D eigenvalue weighted by atomic mass is 15.3. The summed E-state index contributed by atoms with van der Waals surface area (Å²) < 4.78 is 0. The van der Waals surface area contributed by atoms with Gasteiger partial charge in [-0.2, -0.15) is 0 Å². The van der Waals surface area contributed by atoms with Gasteiger partial charge >= 0.3 is 0 Å². The molecule has 3 rings (SSSR count). The number of nitrogens with zero attached hydrogens (tertiary/aromatic N) is 4. The van der Waals surface area contributed by atoms with Crippen molar-refractivity contribution < 1.29 is 0 Å². The van der Waals surface area contributed by atoms with E-state index in [4.69, 9.17) is 0 Å². The Morgan fingerprint density at radius 2 is 1.88 bits per heavy atom. The molecule has 0 spiro atoms. The number of hydrogen-bond acceptors (Lipinski definition) is 4. The average molecular weight is 229 g/mol. The maximum atomic E-state index is 4.38. The third-order valence-electron chi connectivity index (χ3n) is 3.08. The van der Waals surface area contributed by atoms with Crippen molar-refractivity contribution in [2.45, 2.75) is 0 Å². The molecule has 1 N–H and O–H groups in total. The molecule has 2 aromatic rings. The molecule has 3 heterocycles. The average Bonchev–Trinajstić information content (AvgIpc) is 2.94. The molecule has 1 saturated heterocycles. The van der Waals surface area contributed by atoms with E-state index in [0.29, 0.717) is 0 Å². The summed E-state index contributed by atoms with van der Waals surface area (Å²) in [5.41, 5.74) is 0. The number of pyridine rings is 1. The van der Waals surface area contributed by atoms with E-state index in [9.17, 15) is 0 Å². The number of aromatic amines is 1. The Balaban J connectivity index is 1.65. The minimum atomic E-state index is 0.996. The van der Waals surface area contributed by atoms with Crippen LogP contribution >= 0.6 is 0 Å². The fraction of sp³-hybridized carbons (Fsp3) is 0.333. The first-order valence-corrected chi connectivity index (χ1v) is 5.83. The molecular weight excluding hydrogens is 214 g/mol. The number of imidazole rings is 1. The zero-order chi connectivity index (χ0) is 11.5. The van der Waals surface area contributed by atoms with Crippen LogP contribution in [0.2, 0.25) is 0 Å². The van der Waals surface area contributed by atoms with Crippen LogP contribution in [0.3, 0.4) is 0 Å². The monoisotopic (exact) mass is 229 g/mol. The van der Waals surface area contributed by atoms with Gasteiger partial charge in [0.25, 0.3) is 0 Å². The van der Waals surface area contributed by atoms with Crippen LogP contribution in [0.4, 0.5) is 11.6 Å². The van der Waals surface area contributed by atoms with Crippen molar-refractivity contribution in [2.24, 2.45) is 0 Å². The SMILES string of the molecule is c1ccc(N2CCN(c3cnc[nH]3)CC2)nc1. The lowest BCUT2D eigenvalue weighted by Gasteiger charge is -2.35. The van der Waals surface area contributed by atoms with Crippen LogP contribution in [-0.4, -0.2) is 41.1 Å². The van der Waals surface area contributed by atoms with Crippen LogP contribution in [0.1, 0.15) is 0 Å². The van der Waals surface area contributed by atoms with E-state index >= 15 is 0 Å². The Morgan fingerprint density at radius 1 is 1.06 bits per heavy atom. The second kappa shape index (κ2) is 4.45. The third kappa shape index (κ3) is 2.08. The third-order valence-corrected chi connectivity index (χ3v) is 3.08. The van der Waals surface area contributed by atoms with Crippen LogP contribution in [0.5, 0.6) is 0 Å². The Labute approximate surface area is 100 Å². The lowest BCUT2D eigenvalue weighted by molar-refractivity contribution is 0.643. The lowest BCUT2D eigenvalue weighted by atomic mass is 10.3. The highest BCUT2D eigenvalue weighted by molar-refractivity contribution is 5.43. The number of aromatic nitrogens is 3. The molecule has 1 fully saturated rings. The van der Waals surface area contributed by atoms with Crippen molar-refractivity contribution in [1.29, 1.82) is 0 Å². The van der Waals surface area contributed by atoms with E-state index in [1.165, 1.54) is 0 Å². The van der Waals surface area contributed by atoms with Crippen molar-refractivity contribution in [2.75, 3.05) is 36.0 Å². The molecule has 17 heavy (non-hydrogen) atoms. The van der Waals surface area contributed by atoms with Crippen LogP contribution in [-0.2, 0) is 0 Å². The largest absolute Gasteiger partial charge is 0.353 e. The zero-order valence-corrected chi connectivity index (χ0v) is 9.58. The highest BCUT2D eigenvalue weighted by Crippen LogP contribution is 2.16. The summed E-state index contributed by atoms with van der Waals surface area (Å²) in [6.07, 6.45) is 5.44. The van der Waals surface area contributed by atoms with Crippen molar-refractivity contribution in [1.82, 2.24) is 15.0 Å². The Bertz CT molecular complexity index is 445. The van der Waals surface area contributed by atoms with Crippen LogP contribution < -0.4 is 9.80 Å². The molecule has 0 aliphatic carbocycles. The number of anilines is 2. The molecule has 2 aromatic heterocycles. The van der Waals surface area contributed by atoms with E-state index in [1.54, 1.807) is 6.33 Å². The molecule has 0 atom stereocenters. The van der Waals surface area contributed by atoms with Gasteiger partial charge in [-0.3, -0.25) is 0 Å². The quantitative estimate of drug-likeness (QED) is 0.838. The van der Waals surface area contributed by atoms with Crippen molar-refractivity contribution in [3.05, 3.63) is 36.9 Å². The molecule has 5 heteroatoms. The maximum Gasteiger partial charge on any atom is 0.128 e. The summed E-state index contributed by atoms with van der Waals surface area (Å²) in [7, 11) is 0. The topological polar surface area (TPSA) is 48.0 Å². The molecule has 0 bridgehead atoms. The van der Waals surface area contributed by atoms with E-state index in [1.807, 2.05) is 24.5 Å².